The molecule has 0 N–H and O–H groups in total. The van der Waals surface area contributed by atoms with Gasteiger partial charge in [-0.05, 0) is 12.1 Å². The zero-order valence-corrected chi connectivity index (χ0v) is 10.6. The van der Waals surface area contributed by atoms with Crippen LogP contribution in [0.3, 0.4) is 0 Å². The molecule has 4 nitrogen and oxygen atoms in total. The fraction of sp³-hybridized carbons (Fsp3) is 0.167. The highest BCUT2D eigenvalue weighted by molar-refractivity contribution is 7.13. The fourth-order valence-corrected chi connectivity index (χ4v) is 2.31. The van der Waals surface area contributed by atoms with Crippen LogP contribution in [0.5, 0.6) is 5.75 Å². The maximum atomic E-state index is 13.8. The van der Waals surface area contributed by atoms with Gasteiger partial charge in [-0.25, -0.2) is 14.2 Å². The van der Waals surface area contributed by atoms with Crippen LogP contribution in [0.2, 0.25) is 0 Å². The van der Waals surface area contributed by atoms with Crippen LogP contribution < -0.4 is 4.74 Å². The number of esters is 1. The third-order valence-electron chi connectivity index (χ3n) is 2.31. The molecule has 94 valence electrons. The Labute approximate surface area is 107 Å². The number of methoxy groups -OCH3 is 2. The van der Waals surface area contributed by atoms with E-state index in [1.165, 1.54) is 25.7 Å². The topological polar surface area (TPSA) is 48.4 Å². The van der Waals surface area contributed by atoms with Gasteiger partial charge in [-0.3, -0.25) is 0 Å². The van der Waals surface area contributed by atoms with Crippen molar-refractivity contribution in [3.8, 4) is 16.3 Å². The van der Waals surface area contributed by atoms with Crippen molar-refractivity contribution in [3.63, 3.8) is 0 Å². The van der Waals surface area contributed by atoms with Gasteiger partial charge in [0.15, 0.2) is 5.69 Å². The van der Waals surface area contributed by atoms with Crippen LogP contribution in [0, 0.1) is 5.82 Å². The van der Waals surface area contributed by atoms with Crippen LogP contribution in [-0.4, -0.2) is 25.2 Å². The Morgan fingerprint density at radius 2 is 2.17 bits per heavy atom. The lowest BCUT2D eigenvalue weighted by Gasteiger charge is -2.06. The maximum absolute atomic E-state index is 13.8. The van der Waals surface area contributed by atoms with E-state index in [-0.39, 0.29) is 11.3 Å². The van der Waals surface area contributed by atoms with E-state index < -0.39 is 11.8 Å². The molecule has 0 aliphatic heterocycles. The number of carbonyl (C=O) groups excluding carboxylic acids is 1. The molecule has 0 bridgehead atoms. The lowest BCUT2D eigenvalue weighted by Crippen LogP contribution is -2.01. The van der Waals surface area contributed by atoms with E-state index in [1.807, 2.05) is 0 Å². The molecule has 0 unspecified atom stereocenters. The summed E-state index contributed by atoms with van der Waals surface area (Å²) in [7, 11) is 2.72. The normalized spacial score (nSPS) is 10.2. The largest absolute Gasteiger partial charge is 0.496 e. The highest BCUT2D eigenvalue weighted by Gasteiger charge is 2.17. The van der Waals surface area contributed by atoms with Crippen molar-refractivity contribution in [2.24, 2.45) is 0 Å². The summed E-state index contributed by atoms with van der Waals surface area (Å²) in [5.74, 6) is -0.617. The third-order valence-corrected chi connectivity index (χ3v) is 3.17. The number of thiazole rings is 1. The van der Waals surface area contributed by atoms with Gasteiger partial charge < -0.3 is 9.47 Å². The van der Waals surface area contributed by atoms with E-state index in [1.54, 1.807) is 12.1 Å². The average molecular weight is 267 g/mol. The molecule has 0 spiro atoms. The molecule has 2 rings (SSSR count). The number of halogens is 1. The van der Waals surface area contributed by atoms with Gasteiger partial charge in [0, 0.05) is 5.38 Å². The van der Waals surface area contributed by atoms with Crippen LogP contribution in [0.15, 0.2) is 23.6 Å². The quantitative estimate of drug-likeness (QED) is 0.802. The van der Waals surface area contributed by atoms with E-state index in [2.05, 4.69) is 9.72 Å². The van der Waals surface area contributed by atoms with Gasteiger partial charge in [0.25, 0.3) is 0 Å². The van der Waals surface area contributed by atoms with Crippen molar-refractivity contribution in [1.29, 1.82) is 0 Å². The summed E-state index contributed by atoms with van der Waals surface area (Å²) in [5.41, 5.74) is 0.406. The first-order chi connectivity index (χ1) is 8.67. The molecule has 1 heterocycles. The lowest BCUT2D eigenvalue weighted by molar-refractivity contribution is 0.0595. The summed E-state index contributed by atoms with van der Waals surface area (Å²) in [6, 6.07) is 4.50. The zero-order valence-electron chi connectivity index (χ0n) is 9.77. The van der Waals surface area contributed by atoms with Crippen molar-refractivity contribution in [3.05, 3.63) is 35.1 Å². The van der Waals surface area contributed by atoms with Gasteiger partial charge in [-0.15, -0.1) is 11.3 Å². The number of carbonyl (C=O) groups is 1. The molecule has 1 aromatic heterocycles. The van der Waals surface area contributed by atoms with Crippen LogP contribution in [-0.2, 0) is 4.74 Å². The minimum Gasteiger partial charge on any atom is -0.496 e. The third kappa shape index (κ3) is 2.19. The van der Waals surface area contributed by atoms with Gasteiger partial charge in [0.1, 0.15) is 16.6 Å². The smallest absolute Gasteiger partial charge is 0.357 e. The number of hydrogen-bond donors (Lipinski definition) is 0. The first-order valence-corrected chi connectivity index (χ1v) is 5.92. The van der Waals surface area contributed by atoms with Gasteiger partial charge in [0.05, 0.1) is 19.8 Å². The second-order valence-corrected chi connectivity index (χ2v) is 4.20. The summed E-state index contributed by atoms with van der Waals surface area (Å²) in [6.07, 6.45) is 0. The first-order valence-electron chi connectivity index (χ1n) is 5.04. The Bertz CT molecular complexity index is 582. The molecule has 0 fully saturated rings. The molecular weight excluding hydrogens is 257 g/mol. The average Bonchev–Trinajstić information content (AvgIpc) is 2.86. The Balaban J connectivity index is 2.49. The van der Waals surface area contributed by atoms with Crippen LogP contribution in [0.1, 0.15) is 10.5 Å². The molecule has 0 aliphatic carbocycles. The Hall–Kier alpha value is -1.95. The Kier molecular flexibility index (Phi) is 3.57. The number of nitrogens with zero attached hydrogens (tertiary/aromatic N) is 1. The lowest BCUT2D eigenvalue weighted by atomic mass is 10.2. The molecule has 0 saturated carbocycles. The SMILES string of the molecule is COC(=O)c1csc(-c2c(F)cccc2OC)n1. The number of rotatable bonds is 3. The van der Waals surface area contributed by atoms with E-state index >= 15 is 0 Å². The van der Waals surface area contributed by atoms with E-state index in [0.717, 1.165) is 11.3 Å². The maximum Gasteiger partial charge on any atom is 0.357 e. The molecule has 0 saturated heterocycles. The number of aromatic nitrogens is 1. The fourth-order valence-electron chi connectivity index (χ4n) is 1.47. The first kappa shape index (κ1) is 12.5. The molecule has 1 aromatic carbocycles. The standard InChI is InChI=1S/C12H10FNO3S/c1-16-9-5-3-4-7(13)10(9)11-14-8(6-18-11)12(15)17-2/h3-6H,1-2H3. The van der Waals surface area contributed by atoms with E-state index in [0.29, 0.717) is 10.8 Å². The molecular formula is C12H10FNO3S. The molecule has 6 heteroatoms. The van der Waals surface area contributed by atoms with Gasteiger partial charge in [0.2, 0.25) is 0 Å². The Morgan fingerprint density at radius 3 is 2.83 bits per heavy atom. The van der Waals surface area contributed by atoms with Crippen molar-refractivity contribution >= 4 is 17.3 Å². The van der Waals surface area contributed by atoms with Gasteiger partial charge >= 0.3 is 5.97 Å². The van der Waals surface area contributed by atoms with E-state index in [9.17, 15) is 9.18 Å². The zero-order chi connectivity index (χ0) is 13.1. The Morgan fingerprint density at radius 1 is 1.39 bits per heavy atom. The summed E-state index contributed by atoms with van der Waals surface area (Å²) in [5, 5.41) is 1.90. The minimum atomic E-state index is -0.548. The van der Waals surface area contributed by atoms with Crippen molar-refractivity contribution in [2.45, 2.75) is 0 Å². The van der Waals surface area contributed by atoms with Crippen LogP contribution >= 0.6 is 11.3 Å². The molecule has 2 aromatic rings. The molecule has 0 aliphatic rings. The van der Waals surface area contributed by atoms with E-state index in [4.69, 9.17) is 4.74 Å². The van der Waals surface area contributed by atoms with Crippen LogP contribution in [0.4, 0.5) is 4.39 Å². The highest BCUT2D eigenvalue weighted by Crippen LogP contribution is 2.34. The predicted molar refractivity (Wildman–Crippen MR) is 65.4 cm³/mol. The van der Waals surface area contributed by atoms with Crippen molar-refractivity contribution in [2.75, 3.05) is 14.2 Å². The van der Waals surface area contributed by atoms with Crippen molar-refractivity contribution < 1.29 is 18.7 Å². The molecule has 18 heavy (non-hydrogen) atoms. The molecule has 0 radical (unpaired) electrons. The number of benzene rings is 1. The summed E-state index contributed by atoms with van der Waals surface area (Å²) < 4.78 is 23.4. The van der Waals surface area contributed by atoms with Gasteiger partial charge in [-0.2, -0.15) is 0 Å². The second-order valence-electron chi connectivity index (χ2n) is 3.35. The highest BCUT2D eigenvalue weighted by atomic mass is 32.1. The monoisotopic (exact) mass is 267 g/mol. The van der Waals surface area contributed by atoms with Gasteiger partial charge in [-0.1, -0.05) is 6.07 Å². The predicted octanol–water partition coefficient (Wildman–Crippen LogP) is 2.74. The summed E-state index contributed by atoms with van der Waals surface area (Å²) in [4.78, 5) is 15.3. The van der Waals surface area contributed by atoms with Crippen LogP contribution in [0.25, 0.3) is 10.6 Å². The van der Waals surface area contributed by atoms with Crippen molar-refractivity contribution in [1.82, 2.24) is 4.98 Å². The number of ether oxygens (including phenoxy) is 2. The summed E-state index contributed by atoms with van der Waals surface area (Å²) in [6.45, 7) is 0. The molecule has 0 atom stereocenters. The minimum absolute atomic E-state index is 0.155. The molecule has 0 amide bonds. The second kappa shape index (κ2) is 5.14. The summed E-state index contributed by atoms with van der Waals surface area (Å²) >= 11 is 1.16. The number of hydrogen-bond acceptors (Lipinski definition) is 5.